The number of aliphatic hydroxyl groups is 1. The number of halogens is 4. The third kappa shape index (κ3) is 6.33. The molecule has 5 atom stereocenters. The molecule has 0 aliphatic carbocycles. The molecular weight excluding hydrogens is 604 g/mol. The van der Waals surface area contributed by atoms with Gasteiger partial charge in [-0.1, -0.05) is 5.92 Å². The highest BCUT2D eigenvalue weighted by molar-refractivity contribution is 5.58. The minimum atomic E-state index is -4.71. The van der Waals surface area contributed by atoms with Crippen molar-refractivity contribution in [3.05, 3.63) is 40.1 Å². The number of hydrogen-bond donors (Lipinski definition) is 2. The van der Waals surface area contributed by atoms with E-state index in [9.17, 15) is 27.9 Å². The lowest BCUT2D eigenvalue weighted by molar-refractivity contribution is -0.140. The number of nitrogens with two attached hydrogens (primary N) is 1. The number of nitrogens with zero attached hydrogens (tertiary/aromatic N) is 5. The average Bonchev–Trinajstić information content (AvgIpc) is 3.49. The van der Waals surface area contributed by atoms with Crippen LogP contribution in [0.15, 0.2) is 12.1 Å². The molecule has 5 heterocycles. The maximum absolute atomic E-state index is 14.5. The molecule has 46 heavy (non-hydrogen) atoms. The van der Waals surface area contributed by atoms with E-state index in [1.54, 1.807) is 6.92 Å². The van der Waals surface area contributed by atoms with E-state index in [2.05, 4.69) is 22.8 Å². The summed E-state index contributed by atoms with van der Waals surface area (Å²) in [5.74, 6) is 5.38. The van der Waals surface area contributed by atoms with Gasteiger partial charge in [-0.05, 0) is 63.3 Å². The molecule has 3 saturated heterocycles. The summed E-state index contributed by atoms with van der Waals surface area (Å²) in [7, 11) is 0. The van der Waals surface area contributed by atoms with Gasteiger partial charge in [0.1, 0.15) is 18.6 Å². The van der Waals surface area contributed by atoms with E-state index >= 15 is 0 Å². The lowest BCUT2D eigenvalue weighted by atomic mass is 9.85. The van der Waals surface area contributed by atoms with Gasteiger partial charge in [-0.15, -0.1) is 5.92 Å². The van der Waals surface area contributed by atoms with Crippen LogP contribution < -0.4 is 15.4 Å². The minimum absolute atomic E-state index is 0.0254. The molecule has 246 valence electrons. The molecule has 0 unspecified atom stereocenters. The molecule has 3 fully saturated rings. The molecule has 0 spiro atoms. The molecule has 0 radical (unpaired) electrons. The SMILES string of the molecule is CC#Cc1cc(N)cc([C@@H]2Cc3nc(OC[C@@]45CCCN4C[C@H](F)C5)nc(N4C[C@H](CC#N)C[C@@](C)(O)C4)c3CO2)c1C(F)(F)F. The van der Waals surface area contributed by atoms with Gasteiger partial charge in [0.2, 0.25) is 0 Å². The average molecular weight is 643 g/mol. The van der Waals surface area contributed by atoms with E-state index < -0.39 is 35.2 Å². The standard InChI is InChI=1S/C33H38F4N6O3/c1-3-5-21-10-23(39)11-24(28(21)33(35,36)37)27-12-26-25(17-45-27)29(42-15-20(6-8-38)13-31(2,44)18-42)41-30(40-26)46-19-32-7-4-9-43(32)16-22(34)14-32/h10-11,20,22,27,44H,4,6-7,9,12-19,39H2,1-2H3/t20-,22-,27+,31-,32+/m1/s1. The summed E-state index contributed by atoms with van der Waals surface area (Å²) in [4.78, 5) is 13.4. The van der Waals surface area contributed by atoms with Crippen LogP contribution in [-0.4, -0.2) is 70.1 Å². The predicted molar refractivity (Wildman–Crippen MR) is 161 cm³/mol. The van der Waals surface area contributed by atoms with Crippen molar-refractivity contribution in [3.63, 3.8) is 0 Å². The van der Waals surface area contributed by atoms with Gasteiger partial charge < -0.3 is 25.2 Å². The molecule has 4 aliphatic rings. The van der Waals surface area contributed by atoms with Crippen molar-refractivity contribution in [2.24, 2.45) is 5.92 Å². The van der Waals surface area contributed by atoms with Gasteiger partial charge in [0.05, 0.1) is 41.2 Å². The largest absolute Gasteiger partial charge is 0.461 e. The van der Waals surface area contributed by atoms with E-state index in [4.69, 9.17) is 25.2 Å². The highest BCUT2D eigenvalue weighted by atomic mass is 19.4. The van der Waals surface area contributed by atoms with Gasteiger partial charge >= 0.3 is 12.2 Å². The first kappa shape index (κ1) is 32.3. The molecule has 1 aromatic heterocycles. The Kier molecular flexibility index (Phi) is 8.55. The Balaban J connectivity index is 1.39. The second-order valence-corrected chi connectivity index (χ2v) is 13.3. The molecule has 0 amide bonds. The zero-order valence-corrected chi connectivity index (χ0v) is 26.0. The number of nitriles is 1. The summed E-state index contributed by atoms with van der Waals surface area (Å²) in [5, 5.41) is 20.5. The van der Waals surface area contributed by atoms with E-state index in [-0.39, 0.29) is 61.3 Å². The zero-order chi connectivity index (χ0) is 32.9. The molecule has 1 aromatic carbocycles. The number of rotatable bonds is 6. The Bertz CT molecular complexity index is 1600. The minimum Gasteiger partial charge on any atom is -0.461 e. The Hall–Kier alpha value is -3.65. The van der Waals surface area contributed by atoms with Gasteiger partial charge in [0, 0.05) is 55.7 Å². The van der Waals surface area contributed by atoms with Crippen LogP contribution in [0.4, 0.5) is 29.1 Å². The number of nitrogen functional groups attached to an aromatic ring is 1. The molecule has 4 aliphatic heterocycles. The number of benzene rings is 1. The summed E-state index contributed by atoms with van der Waals surface area (Å²) in [6.07, 6.45) is -3.98. The number of ether oxygens (including phenoxy) is 2. The van der Waals surface area contributed by atoms with Crippen molar-refractivity contribution in [3.8, 4) is 23.9 Å². The summed E-state index contributed by atoms with van der Waals surface area (Å²) in [6, 6.07) is 4.70. The number of alkyl halides is 4. The summed E-state index contributed by atoms with van der Waals surface area (Å²) < 4.78 is 70.1. The summed E-state index contributed by atoms with van der Waals surface area (Å²) >= 11 is 0. The summed E-state index contributed by atoms with van der Waals surface area (Å²) in [5.41, 5.74) is 4.37. The first-order chi connectivity index (χ1) is 21.8. The van der Waals surface area contributed by atoms with Crippen LogP contribution in [0.25, 0.3) is 0 Å². The van der Waals surface area contributed by atoms with E-state index in [1.807, 2.05) is 4.90 Å². The van der Waals surface area contributed by atoms with Crippen LogP contribution in [-0.2, 0) is 23.9 Å². The second-order valence-electron chi connectivity index (χ2n) is 13.3. The highest BCUT2D eigenvalue weighted by Gasteiger charge is 2.49. The lowest BCUT2D eigenvalue weighted by Gasteiger charge is -2.42. The van der Waals surface area contributed by atoms with Crippen LogP contribution in [0.1, 0.15) is 80.0 Å². The fraction of sp³-hybridized carbons (Fsp3) is 0.606. The van der Waals surface area contributed by atoms with Crippen molar-refractivity contribution in [1.29, 1.82) is 5.26 Å². The van der Waals surface area contributed by atoms with E-state index in [0.717, 1.165) is 19.4 Å². The van der Waals surface area contributed by atoms with Crippen LogP contribution in [0.3, 0.4) is 0 Å². The lowest BCUT2D eigenvalue weighted by Crippen LogP contribution is -2.51. The zero-order valence-electron chi connectivity index (χ0n) is 26.0. The van der Waals surface area contributed by atoms with Crippen LogP contribution in [0, 0.1) is 29.1 Å². The van der Waals surface area contributed by atoms with Crippen LogP contribution in [0.5, 0.6) is 6.01 Å². The van der Waals surface area contributed by atoms with Gasteiger partial charge in [-0.25, -0.2) is 4.39 Å². The Labute approximate surface area is 265 Å². The van der Waals surface area contributed by atoms with E-state index in [0.29, 0.717) is 43.0 Å². The van der Waals surface area contributed by atoms with Gasteiger partial charge in [-0.2, -0.15) is 28.4 Å². The molecular formula is C33H38F4N6O3. The van der Waals surface area contributed by atoms with Crippen molar-refractivity contribution in [1.82, 2.24) is 14.9 Å². The molecule has 2 aromatic rings. The van der Waals surface area contributed by atoms with Crippen molar-refractivity contribution >= 4 is 11.5 Å². The number of fused-ring (bicyclic) bond motifs is 2. The fourth-order valence-corrected chi connectivity index (χ4v) is 7.86. The third-order valence-electron chi connectivity index (χ3n) is 9.59. The molecule has 9 nitrogen and oxygen atoms in total. The maximum Gasteiger partial charge on any atom is 0.417 e. The molecule has 3 N–H and O–H groups in total. The Morgan fingerprint density at radius 1 is 1.24 bits per heavy atom. The third-order valence-corrected chi connectivity index (χ3v) is 9.59. The molecule has 0 saturated carbocycles. The maximum atomic E-state index is 14.5. The molecule has 0 bridgehead atoms. The number of piperidine rings is 1. The first-order valence-electron chi connectivity index (χ1n) is 15.6. The van der Waals surface area contributed by atoms with Gasteiger partial charge in [0.15, 0.2) is 0 Å². The van der Waals surface area contributed by atoms with E-state index in [1.165, 1.54) is 19.1 Å². The fourth-order valence-electron chi connectivity index (χ4n) is 7.86. The smallest absolute Gasteiger partial charge is 0.417 e. The van der Waals surface area contributed by atoms with Crippen molar-refractivity contribution in [2.45, 2.75) is 88.6 Å². The Morgan fingerprint density at radius 3 is 2.78 bits per heavy atom. The quantitative estimate of drug-likeness (QED) is 0.262. The van der Waals surface area contributed by atoms with Gasteiger partial charge in [0.25, 0.3) is 0 Å². The van der Waals surface area contributed by atoms with Crippen LogP contribution >= 0.6 is 0 Å². The second kappa shape index (κ2) is 12.2. The van der Waals surface area contributed by atoms with Crippen molar-refractivity contribution < 1.29 is 32.1 Å². The normalized spacial score (nSPS) is 29.4. The Morgan fingerprint density at radius 2 is 2.04 bits per heavy atom. The van der Waals surface area contributed by atoms with Crippen molar-refractivity contribution in [2.75, 3.05) is 43.4 Å². The number of hydrogen-bond acceptors (Lipinski definition) is 9. The number of β-amino-alcohol motifs (C(OH)–C–C–N with tert-alkyl or cyclic N) is 1. The molecule has 6 rings (SSSR count). The molecule has 13 heteroatoms. The predicted octanol–water partition coefficient (Wildman–Crippen LogP) is 4.71. The van der Waals surface area contributed by atoms with Gasteiger partial charge in [-0.3, -0.25) is 4.90 Å². The number of anilines is 2. The summed E-state index contributed by atoms with van der Waals surface area (Å²) in [6.45, 7) is 5.03. The highest BCUT2D eigenvalue weighted by Crippen LogP contribution is 2.44. The topological polar surface area (TPSA) is 121 Å². The number of aromatic nitrogens is 2. The monoisotopic (exact) mass is 642 g/mol. The van der Waals surface area contributed by atoms with Crippen LogP contribution in [0.2, 0.25) is 0 Å². The first-order valence-corrected chi connectivity index (χ1v) is 15.6.